The van der Waals surface area contributed by atoms with Crippen LogP contribution in [0.15, 0.2) is 36.4 Å². The van der Waals surface area contributed by atoms with E-state index < -0.39 is 0 Å². The molecule has 0 radical (unpaired) electrons. The lowest BCUT2D eigenvalue weighted by Gasteiger charge is -2.19. The first kappa shape index (κ1) is 14.0. The standard InChI is InChI=1S/C15H12INO4/c16-9-1-3-12(18)11(7-9)15(19)17-10-2-4-13-14(8-10)21-6-5-20-13/h1-4,7-8,18H,5-6H2,(H,17,19). The summed E-state index contributed by atoms with van der Waals surface area (Å²) in [4.78, 5) is 12.2. The van der Waals surface area contributed by atoms with Crippen LogP contribution in [0.1, 0.15) is 10.4 Å². The average molecular weight is 397 g/mol. The maximum Gasteiger partial charge on any atom is 0.259 e. The Balaban J connectivity index is 1.83. The number of phenols is 1. The number of carbonyl (C=O) groups is 1. The monoisotopic (exact) mass is 397 g/mol. The summed E-state index contributed by atoms with van der Waals surface area (Å²) in [7, 11) is 0. The molecule has 0 unspecified atom stereocenters. The summed E-state index contributed by atoms with van der Waals surface area (Å²) in [5.41, 5.74) is 0.819. The van der Waals surface area contributed by atoms with E-state index in [0.29, 0.717) is 30.4 Å². The van der Waals surface area contributed by atoms with Gasteiger partial charge in [-0.15, -0.1) is 0 Å². The first-order valence-corrected chi connectivity index (χ1v) is 7.41. The van der Waals surface area contributed by atoms with Gasteiger partial charge >= 0.3 is 0 Å². The quantitative estimate of drug-likeness (QED) is 0.765. The molecule has 0 spiro atoms. The molecule has 21 heavy (non-hydrogen) atoms. The number of phenolic OH excluding ortho intramolecular Hbond substituents is 1. The van der Waals surface area contributed by atoms with Crippen molar-refractivity contribution in [1.29, 1.82) is 0 Å². The van der Waals surface area contributed by atoms with Crippen LogP contribution in [0.2, 0.25) is 0 Å². The third-order valence-electron chi connectivity index (χ3n) is 3.00. The van der Waals surface area contributed by atoms with Gasteiger partial charge in [0.15, 0.2) is 11.5 Å². The molecule has 5 nitrogen and oxygen atoms in total. The maximum absolute atomic E-state index is 12.2. The second kappa shape index (κ2) is 5.80. The zero-order valence-corrected chi connectivity index (χ0v) is 13.1. The number of carbonyl (C=O) groups excluding carboxylic acids is 1. The molecule has 0 saturated heterocycles. The van der Waals surface area contributed by atoms with Crippen molar-refractivity contribution in [3.63, 3.8) is 0 Å². The van der Waals surface area contributed by atoms with E-state index >= 15 is 0 Å². The van der Waals surface area contributed by atoms with Gasteiger partial charge in [-0.25, -0.2) is 0 Å². The van der Waals surface area contributed by atoms with Crippen LogP contribution in [0.25, 0.3) is 0 Å². The molecule has 1 aliphatic rings. The Kier molecular flexibility index (Phi) is 3.87. The molecule has 1 aliphatic heterocycles. The fourth-order valence-electron chi connectivity index (χ4n) is 2.01. The largest absolute Gasteiger partial charge is 0.507 e. The highest BCUT2D eigenvalue weighted by Gasteiger charge is 2.15. The summed E-state index contributed by atoms with van der Waals surface area (Å²) in [6.45, 7) is 1.01. The van der Waals surface area contributed by atoms with Crippen LogP contribution in [-0.4, -0.2) is 24.2 Å². The molecule has 0 atom stereocenters. The van der Waals surface area contributed by atoms with Gasteiger partial charge in [-0.2, -0.15) is 0 Å². The Labute approximate surface area is 135 Å². The summed E-state index contributed by atoms with van der Waals surface area (Å²) in [6, 6.07) is 10.0. The Hall–Kier alpha value is -1.96. The predicted octanol–water partition coefficient (Wildman–Crippen LogP) is 3.02. The molecule has 1 heterocycles. The third kappa shape index (κ3) is 3.05. The van der Waals surface area contributed by atoms with Crippen molar-refractivity contribution in [3.8, 4) is 17.2 Å². The van der Waals surface area contributed by atoms with Gasteiger partial charge in [0.1, 0.15) is 19.0 Å². The van der Waals surface area contributed by atoms with Crippen LogP contribution in [0, 0.1) is 3.57 Å². The number of benzene rings is 2. The van der Waals surface area contributed by atoms with E-state index in [1.54, 1.807) is 30.3 Å². The molecule has 2 N–H and O–H groups in total. The van der Waals surface area contributed by atoms with Crippen molar-refractivity contribution in [2.45, 2.75) is 0 Å². The van der Waals surface area contributed by atoms with E-state index in [9.17, 15) is 9.90 Å². The molecule has 3 rings (SSSR count). The van der Waals surface area contributed by atoms with Crippen molar-refractivity contribution in [2.24, 2.45) is 0 Å². The van der Waals surface area contributed by atoms with Crippen LogP contribution in [0.5, 0.6) is 17.2 Å². The fraction of sp³-hybridized carbons (Fsp3) is 0.133. The Morgan fingerprint density at radius 1 is 1.10 bits per heavy atom. The van der Waals surface area contributed by atoms with Crippen molar-refractivity contribution >= 4 is 34.2 Å². The van der Waals surface area contributed by atoms with Crippen molar-refractivity contribution in [3.05, 3.63) is 45.5 Å². The van der Waals surface area contributed by atoms with Gasteiger partial charge in [0.2, 0.25) is 0 Å². The average Bonchev–Trinajstić information content (AvgIpc) is 2.49. The molecule has 108 valence electrons. The van der Waals surface area contributed by atoms with Crippen molar-refractivity contribution < 1.29 is 19.4 Å². The normalized spacial score (nSPS) is 12.8. The maximum atomic E-state index is 12.2. The molecular weight excluding hydrogens is 385 g/mol. The Bertz CT molecular complexity index is 702. The fourth-order valence-corrected chi connectivity index (χ4v) is 2.50. The molecule has 2 aromatic carbocycles. The zero-order valence-electron chi connectivity index (χ0n) is 10.9. The van der Waals surface area contributed by atoms with Crippen LogP contribution in [0.3, 0.4) is 0 Å². The minimum atomic E-state index is -0.373. The minimum absolute atomic E-state index is 0.0505. The Morgan fingerprint density at radius 3 is 2.67 bits per heavy atom. The van der Waals surface area contributed by atoms with Crippen molar-refractivity contribution in [2.75, 3.05) is 18.5 Å². The number of ether oxygens (including phenoxy) is 2. The van der Waals surface area contributed by atoms with Gasteiger partial charge in [-0.1, -0.05) is 0 Å². The summed E-state index contributed by atoms with van der Waals surface area (Å²) in [5.74, 6) is 0.843. The second-order valence-corrected chi connectivity index (χ2v) is 5.72. The van der Waals surface area contributed by atoms with Gasteiger partial charge in [0, 0.05) is 15.3 Å². The van der Waals surface area contributed by atoms with Gasteiger partial charge < -0.3 is 19.9 Å². The molecule has 6 heteroatoms. The molecule has 0 aliphatic carbocycles. The van der Waals surface area contributed by atoms with E-state index in [-0.39, 0.29) is 17.2 Å². The highest BCUT2D eigenvalue weighted by atomic mass is 127. The SMILES string of the molecule is O=C(Nc1ccc2c(c1)OCCO2)c1cc(I)ccc1O. The number of halogens is 1. The molecule has 0 bridgehead atoms. The molecule has 0 fully saturated rings. The minimum Gasteiger partial charge on any atom is -0.507 e. The number of hydrogen-bond acceptors (Lipinski definition) is 4. The number of amides is 1. The molecule has 0 saturated carbocycles. The number of fused-ring (bicyclic) bond motifs is 1. The van der Waals surface area contributed by atoms with E-state index in [2.05, 4.69) is 27.9 Å². The van der Waals surface area contributed by atoms with E-state index in [4.69, 9.17) is 9.47 Å². The van der Waals surface area contributed by atoms with Gasteiger partial charge in [0.25, 0.3) is 5.91 Å². The number of hydrogen-bond donors (Lipinski definition) is 2. The topological polar surface area (TPSA) is 67.8 Å². The molecule has 0 aromatic heterocycles. The number of aromatic hydroxyl groups is 1. The molecule has 2 aromatic rings. The van der Waals surface area contributed by atoms with E-state index in [0.717, 1.165) is 3.57 Å². The lowest BCUT2D eigenvalue weighted by Crippen LogP contribution is -2.16. The van der Waals surface area contributed by atoms with Crippen LogP contribution in [-0.2, 0) is 0 Å². The van der Waals surface area contributed by atoms with Crippen molar-refractivity contribution in [1.82, 2.24) is 0 Å². The van der Waals surface area contributed by atoms with Gasteiger partial charge in [-0.3, -0.25) is 4.79 Å². The second-order valence-electron chi connectivity index (χ2n) is 4.47. The summed E-state index contributed by atoms with van der Waals surface area (Å²) in [5, 5.41) is 12.5. The lowest BCUT2D eigenvalue weighted by atomic mass is 10.2. The smallest absolute Gasteiger partial charge is 0.259 e. The number of nitrogens with one attached hydrogen (secondary N) is 1. The van der Waals surface area contributed by atoms with E-state index in [1.807, 2.05) is 0 Å². The van der Waals surface area contributed by atoms with Crippen LogP contribution >= 0.6 is 22.6 Å². The zero-order chi connectivity index (χ0) is 14.8. The molecule has 1 amide bonds. The van der Waals surface area contributed by atoms with Crippen LogP contribution in [0.4, 0.5) is 5.69 Å². The summed E-state index contributed by atoms with van der Waals surface area (Å²) in [6.07, 6.45) is 0. The van der Waals surface area contributed by atoms with Crippen LogP contribution < -0.4 is 14.8 Å². The number of anilines is 1. The first-order valence-electron chi connectivity index (χ1n) is 6.33. The predicted molar refractivity (Wildman–Crippen MR) is 86.2 cm³/mol. The van der Waals surface area contributed by atoms with Gasteiger partial charge in [0.05, 0.1) is 5.56 Å². The molecular formula is C15H12INO4. The lowest BCUT2D eigenvalue weighted by molar-refractivity contribution is 0.102. The van der Waals surface area contributed by atoms with E-state index in [1.165, 1.54) is 6.07 Å². The first-order chi connectivity index (χ1) is 10.1. The highest BCUT2D eigenvalue weighted by Crippen LogP contribution is 2.33. The Morgan fingerprint density at radius 2 is 1.86 bits per heavy atom. The van der Waals surface area contributed by atoms with Gasteiger partial charge in [-0.05, 0) is 52.9 Å². The summed E-state index contributed by atoms with van der Waals surface area (Å²) < 4.78 is 11.8. The third-order valence-corrected chi connectivity index (χ3v) is 3.67. The summed E-state index contributed by atoms with van der Waals surface area (Å²) >= 11 is 2.09. The number of rotatable bonds is 2. The highest BCUT2D eigenvalue weighted by molar-refractivity contribution is 14.1.